The molecule has 2 rings (SSSR count). The van der Waals surface area contributed by atoms with E-state index in [1.807, 2.05) is 30.3 Å². The average molecular weight is 380 g/mol. The van der Waals surface area contributed by atoms with Crippen molar-refractivity contribution < 1.29 is 27.5 Å². The van der Waals surface area contributed by atoms with Crippen LogP contribution in [0.2, 0.25) is 0 Å². The molecule has 0 aliphatic heterocycles. The smallest absolute Gasteiger partial charge is 0.367 e. The van der Waals surface area contributed by atoms with E-state index in [2.05, 4.69) is 15.4 Å². The van der Waals surface area contributed by atoms with E-state index in [1.54, 1.807) is 0 Å². The summed E-state index contributed by atoms with van der Waals surface area (Å²) in [4.78, 5) is 23.8. The van der Waals surface area contributed by atoms with E-state index >= 15 is 0 Å². The Bertz CT molecular complexity index is 747. The van der Waals surface area contributed by atoms with Gasteiger partial charge in [0.25, 0.3) is 5.91 Å². The summed E-state index contributed by atoms with van der Waals surface area (Å²) in [6.07, 6.45) is -4.37. The van der Waals surface area contributed by atoms with Crippen LogP contribution in [-0.4, -0.2) is 31.1 Å². The third kappa shape index (κ3) is 7.91. The number of alkyl halides is 3. The van der Waals surface area contributed by atoms with Crippen LogP contribution in [0.3, 0.4) is 0 Å². The van der Waals surface area contributed by atoms with Gasteiger partial charge in [-0.05, 0) is 23.3 Å². The standard InChI is InChI=1S/C19H19F3N2O3/c20-19(21,22)13-27-12-15-6-8-16(9-7-15)18(26)24-11-17(25)23-10-14-4-2-1-3-5-14/h1-9H,10-13H2,(H,23,25)(H,24,26). The lowest BCUT2D eigenvalue weighted by atomic mass is 10.1. The number of carbonyl (C=O) groups is 2. The predicted octanol–water partition coefficient (Wildman–Crippen LogP) is 2.81. The molecule has 0 atom stereocenters. The molecule has 144 valence electrons. The summed E-state index contributed by atoms with van der Waals surface area (Å²) in [5, 5.41) is 5.17. The van der Waals surface area contributed by atoms with E-state index < -0.39 is 18.7 Å². The molecule has 0 spiro atoms. The fourth-order valence-corrected chi connectivity index (χ4v) is 2.16. The molecule has 0 saturated carbocycles. The Kier molecular flexibility index (Phi) is 7.36. The Morgan fingerprint density at radius 1 is 0.889 bits per heavy atom. The second-order valence-electron chi connectivity index (χ2n) is 5.75. The zero-order valence-corrected chi connectivity index (χ0v) is 14.4. The van der Waals surface area contributed by atoms with Crippen molar-refractivity contribution in [1.82, 2.24) is 10.6 Å². The molecule has 0 aliphatic rings. The van der Waals surface area contributed by atoms with Crippen LogP contribution in [0.1, 0.15) is 21.5 Å². The molecule has 0 fully saturated rings. The minimum absolute atomic E-state index is 0.178. The second kappa shape index (κ2) is 9.72. The minimum atomic E-state index is -4.37. The molecule has 0 heterocycles. The highest BCUT2D eigenvalue weighted by molar-refractivity contribution is 5.96. The Labute approximate surface area is 154 Å². The normalized spacial score (nSPS) is 11.1. The zero-order chi connectivity index (χ0) is 19.7. The highest BCUT2D eigenvalue weighted by atomic mass is 19.4. The summed E-state index contributed by atoms with van der Waals surface area (Å²) < 4.78 is 40.6. The van der Waals surface area contributed by atoms with Crippen LogP contribution in [0.25, 0.3) is 0 Å². The van der Waals surface area contributed by atoms with Gasteiger partial charge in [0.2, 0.25) is 5.91 Å². The first kappa shape index (κ1) is 20.4. The summed E-state index contributed by atoms with van der Waals surface area (Å²) in [6.45, 7) is -1.35. The molecule has 2 aromatic carbocycles. The number of halogens is 3. The number of ether oxygens (including phenoxy) is 1. The number of hydrogen-bond acceptors (Lipinski definition) is 3. The number of benzene rings is 2. The Hall–Kier alpha value is -2.87. The van der Waals surface area contributed by atoms with Crippen molar-refractivity contribution in [2.75, 3.05) is 13.2 Å². The van der Waals surface area contributed by atoms with Gasteiger partial charge >= 0.3 is 6.18 Å². The number of hydrogen-bond donors (Lipinski definition) is 2. The van der Waals surface area contributed by atoms with Crippen LogP contribution in [0.15, 0.2) is 54.6 Å². The highest BCUT2D eigenvalue weighted by Crippen LogP contribution is 2.15. The number of nitrogens with one attached hydrogen (secondary N) is 2. The van der Waals surface area contributed by atoms with Crippen LogP contribution in [-0.2, 0) is 22.7 Å². The monoisotopic (exact) mass is 380 g/mol. The molecular weight excluding hydrogens is 361 g/mol. The summed E-state index contributed by atoms with van der Waals surface area (Å²) >= 11 is 0. The maximum absolute atomic E-state index is 12.0. The summed E-state index contributed by atoms with van der Waals surface area (Å²) in [6, 6.07) is 15.3. The van der Waals surface area contributed by atoms with Gasteiger partial charge in [-0.2, -0.15) is 13.2 Å². The highest BCUT2D eigenvalue weighted by Gasteiger charge is 2.27. The molecule has 27 heavy (non-hydrogen) atoms. The van der Waals surface area contributed by atoms with Crippen molar-refractivity contribution in [2.45, 2.75) is 19.3 Å². The second-order valence-corrected chi connectivity index (χ2v) is 5.75. The van der Waals surface area contributed by atoms with Crippen LogP contribution in [0.5, 0.6) is 0 Å². The molecule has 0 saturated heterocycles. The SMILES string of the molecule is O=C(CNC(=O)c1ccc(COCC(F)(F)F)cc1)NCc1ccccc1. The fraction of sp³-hybridized carbons (Fsp3) is 0.263. The third-order valence-corrected chi connectivity index (χ3v) is 3.49. The molecule has 0 radical (unpaired) electrons. The lowest BCUT2D eigenvalue weighted by Gasteiger charge is -2.09. The van der Waals surface area contributed by atoms with E-state index in [-0.39, 0.29) is 19.1 Å². The van der Waals surface area contributed by atoms with Gasteiger partial charge in [-0.1, -0.05) is 42.5 Å². The summed E-state index contributed by atoms with van der Waals surface area (Å²) in [5.41, 5.74) is 1.75. The number of rotatable bonds is 8. The molecule has 2 amide bonds. The summed E-state index contributed by atoms with van der Waals surface area (Å²) in [7, 11) is 0. The Morgan fingerprint density at radius 3 is 2.19 bits per heavy atom. The first-order chi connectivity index (χ1) is 12.8. The van der Waals surface area contributed by atoms with Crippen molar-refractivity contribution in [3.8, 4) is 0 Å². The number of carbonyl (C=O) groups excluding carboxylic acids is 2. The fourth-order valence-electron chi connectivity index (χ4n) is 2.16. The van der Waals surface area contributed by atoms with Gasteiger partial charge in [0.1, 0.15) is 6.61 Å². The largest absolute Gasteiger partial charge is 0.411 e. The molecule has 2 N–H and O–H groups in total. The summed E-state index contributed by atoms with van der Waals surface area (Å²) in [5.74, 6) is -0.781. The van der Waals surface area contributed by atoms with Gasteiger partial charge in [-0.25, -0.2) is 0 Å². The maximum atomic E-state index is 12.0. The first-order valence-electron chi connectivity index (χ1n) is 8.16. The van der Waals surface area contributed by atoms with Gasteiger partial charge in [0.15, 0.2) is 0 Å². The van der Waals surface area contributed by atoms with Gasteiger partial charge < -0.3 is 15.4 Å². The zero-order valence-electron chi connectivity index (χ0n) is 14.4. The van der Waals surface area contributed by atoms with Crippen molar-refractivity contribution >= 4 is 11.8 Å². The van der Waals surface area contributed by atoms with Crippen molar-refractivity contribution in [3.63, 3.8) is 0 Å². The van der Waals surface area contributed by atoms with Crippen molar-refractivity contribution in [3.05, 3.63) is 71.3 Å². The lowest BCUT2D eigenvalue weighted by Crippen LogP contribution is -2.36. The first-order valence-corrected chi connectivity index (χ1v) is 8.16. The van der Waals surface area contributed by atoms with Gasteiger partial charge in [-0.3, -0.25) is 9.59 Å². The van der Waals surface area contributed by atoms with Gasteiger partial charge in [-0.15, -0.1) is 0 Å². The van der Waals surface area contributed by atoms with Crippen LogP contribution in [0, 0.1) is 0 Å². The molecule has 8 heteroatoms. The number of amides is 2. The molecule has 5 nitrogen and oxygen atoms in total. The molecule has 0 aliphatic carbocycles. The Balaban J connectivity index is 1.72. The van der Waals surface area contributed by atoms with Crippen LogP contribution >= 0.6 is 0 Å². The lowest BCUT2D eigenvalue weighted by molar-refractivity contribution is -0.176. The molecule has 0 unspecified atom stereocenters. The molecule has 0 aromatic heterocycles. The van der Waals surface area contributed by atoms with Crippen LogP contribution in [0.4, 0.5) is 13.2 Å². The van der Waals surface area contributed by atoms with E-state index in [0.717, 1.165) is 5.56 Å². The van der Waals surface area contributed by atoms with Gasteiger partial charge in [0.05, 0.1) is 13.2 Å². The Morgan fingerprint density at radius 2 is 1.56 bits per heavy atom. The molecular formula is C19H19F3N2O3. The van der Waals surface area contributed by atoms with E-state index in [1.165, 1.54) is 24.3 Å². The maximum Gasteiger partial charge on any atom is 0.411 e. The van der Waals surface area contributed by atoms with E-state index in [0.29, 0.717) is 17.7 Å². The van der Waals surface area contributed by atoms with E-state index in [4.69, 9.17) is 0 Å². The van der Waals surface area contributed by atoms with Crippen molar-refractivity contribution in [1.29, 1.82) is 0 Å². The van der Waals surface area contributed by atoms with Gasteiger partial charge in [0, 0.05) is 12.1 Å². The average Bonchev–Trinajstić information content (AvgIpc) is 2.65. The van der Waals surface area contributed by atoms with Crippen molar-refractivity contribution in [2.24, 2.45) is 0 Å². The van der Waals surface area contributed by atoms with E-state index in [9.17, 15) is 22.8 Å². The predicted molar refractivity (Wildman–Crippen MR) is 92.8 cm³/mol. The minimum Gasteiger partial charge on any atom is -0.367 e. The van der Waals surface area contributed by atoms with Crippen LogP contribution < -0.4 is 10.6 Å². The molecule has 2 aromatic rings. The third-order valence-electron chi connectivity index (χ3n) is 3.49. The molecule has 0 bridgehead atoms. The topological polar surface area (TPSA) is 67.4 Å². The quantitative estimate of drug-likeness (QED) is 0.740.